The van der Waals surface area contributed by atoms with E-state index in [2.05, 4.69) is 12.2 Å². The molecule has 5 nitrogen and oxygen atoms in total. The van der Waals surface area contributed by atoms with Gasteiger partial charge in [-0.3, -0.25) is 4.79 Å². The summed E-state index contributed by atoms with van der Waals surface area (Å²) in [5, 5.41) is 13.0. The zero-order valence-electron chi connectivity index (χ0n) is 13.7. The molecule has 2 aliphatic rings. The molecular weight excluding hydrogens is 328 g/mol. The fraction of sp³-hybridized carbons (Fsp3) is 0.556. The van der Waals surface area contributed by atoms with Crippen LogP contribution in [0.5, 0.6) is 0 Å². The van der Waals surface area contributed by atoms with Gasteiger partial charge in [-0.15, -0.1) is 0 Å². The number of nitrogens with one attached hydrogen (secondary N) is 1. The van der Waals surface area contributed by atoms with Gasteiger partial charge >= 0.3 is 12.0 Å². The van der Waals surface area contributed by atoms with Crippen LogP contribution in [0.3, 0.4) is 0 Å². The molecule has 1 saturated heterocycles. The van der Waals surface area contributed by atoms with E-state index in [1.807, 2.05) is 24.3 Å². The highest BCUT2D eigenvalue weighted by Crippen LogP contribution is 2.47. The number of urea groups is 1. The van der Waals surface area contributed by atoms with Crippen LogP contribution in [0.1, 0.15) is 37.8 Å². The van der Waals surface area contributed by atoms with Gasteiger partial charge in [-0.05, 0) is 48.8 Å². The normalized spacial score (nSPS) is 27.4. The second-order valence-electron chi connectivity index (χ2n) is 6.98. The lowest BCUT2D eigenvalue weighted by Gasteiger charge is -2.32. The fourth-order valence-corrected chi connectivity index (χ4v) is 3.64. The lowest BCUT2D eigenvalue weighted by molar-refractivity contribution is -0.143. The van der Waals surface area contributed by atoms with Crippen LogP contribution in [-0.2, 0) is 4.79 Å². The number of hydrogen-bond acceptors (Lipinski definition) is 2. The van der Waals surface area contributed by atoms with Crippen molar-refractivity contribution in [2.45, 2.75) is 32.2 Å². The van der Waals surface area contributed by atoms with Crippen molar-refractivity contribution in [3.63, 3.8) is 0 Å². The summed E-state index contributed by atoms with van der Waals surface area (Å²) >= 11 is 5.96. The Morgan fingerprint density at radius 2 is 2.00 bits per heavy atom. The minimum absolute atomic E-state index is 0.0463. The number of amides is 2. The number of carboxylic acid groups (broad SMARTS) is 1. The lowest BCUT2D eigenvalue weighted by Crippen LogP contribution is -2.48. The number of aliphatic carboxylic acids is 1. The molecule has 0 bridgehead atoms. The van der Waals surface area contributed by atoms with Gasteiger partial charge in [-0.2, -0.15) is 0 Å². The maximum Gasteiger partial charge on any atom is 0.317 e. The standard InChI is InChI=1S/C18H23ClN2O3/c1-11-9-15(11)16(12-4-6-14(19)7-5-12)20-18(24)21-8-2-3-13(10-21)17(22)23/h4-7,11,13,15-16H,2-3,8-10H2,1H3,(H,20,24)(H,22,23). The third-order valence-corrected chi connectivity index (χ3v) is 5.42. The number of benzene rings is 1. The molecule has 3 rings (SSSR count). The zero-order valence-corrected chi connectivity index (χ0v) is 14.5. The lowest BCUT2D eigenvalue weighted by atomic mass is 9.98. The maximum absolute atomic E-state index is 12.7. The summed E-state index contributed by atoms with van der Waals surface area (Å²) in [6.07, 6.45) is 2.46. The molecule has 0 aromatic heterocycles. The molecule has 6 heteroatoms. The van der Waals surface area contributed by atoms with E-state index in [-0.39, 0.29) is 18.6 Å². The summed E-state index contributed by atoms with van der Waals surface area (Å²) in [5.74, 6) is -0.273. The van der Waals surface area contributed by atoms with Crippen LogP contribution in [0.2, 0.25) is 5.02 Å². The van der Waals surface area contributed by atoms with Gasteiger partial charge in [0, 0.05) is 18.1 Å². The minimum Gasteiger partial charge on any atom is -0.481 e. The Kier molecular flexibility index (Phi) is 4.99. The van der Waals surface area contributed by atoms with Crippen molar-refractivity contribution in [1.29, 1.82) is 0 Å². The van der Waals surface area contributed by atoms with Crippen molar-refractivity contribution in [3.8, 4) is 0 Å². The van der Waals surface area contributed by atoms with E-state index >= 15 is 0 Å². The number of hydrogen-bond donors (Lipinski definition) is 2. The number of halogens is 1. The van der Waals surface area contributed by atoms with Gasteiger partial charge in [-0.25, -0.2) is 4.79 Å². The van der Waals surface area contributed by atoms with Crippen molar-refractivity contribution in [2.75, 3.05) is 13.1 Å². The molecule has 1 aromatic rings. The van der Waals surface area contributed by atoms with Crippen LogP contribution < -0.4 is 5.32 Å². The Hall–Kier alpha value is -1.75. The molecule has 24 heavy (non-hydrogen) atoms. The number of piperidine rings is 1. The Balaban J connectivity index is 1.69. The quantitative estimate of drug-likeness (QED) is 0.872. The monoisotopic (exact) mass is 350 g/mol. The van der Waals surface area contributed by atoms with Gasteiger partial charge < -0.3 is 15.3 Å². The number of carbonyl (C=O) groups is 2. The van der Waals surface area contributed by atoms with E-state index in [1.54, 1.807) is 4.90 Å². The Morgan fingerprint density at radius 3 is 2.58 bits per heavy atom. The summed E-state index contributed by atoms with van der Waals surface area (Å²) < 4.78 is 0. The van der Waals surface area contributed by atoms with Crippen LogP contribution in [0, 0.1) is 17.8 Å². The second-order valence-corrected chi connectivity index (χ2v) is 7.42. The van der Waals surface area contributed by atoms with Crippen LogP contribution in [0.4, 0.5) is 4.79 Å². The van der Waals surface area contributed by atoms with Crippen LogP contribution in [0.15, 0.2) is 24.3 Å². The molecule has 0 spiro atoms. The first kappa shape index (κ1) is 17.1. The number of rotatable bonds is 4. The highest BCUT2D eigenvalue weighted by Gasteiger charge is 2.41. The molecule has 1 heterocycles. The van der Waals surface area contributed by atoms with Crippen molar-refractivity contribution < 1.29 is 14.7 Å². The van der Waals surface area contributed by atoms with E-state index < -0.39 is 11.9 Å². The summed E-state index contributed by atoms with van der Waals surface area (Å²) in [7, 11) is 0. The van der Waals surface area contributed by atoms with Crippen LogP contribution in [0.25, 0.3) is 0 Å². The fourth-order valence-electron chi connectivity index (χ4n) is 3.51. The second kappa shape index (κ2) is 7.01. The van der Waals surface area contributed by atoms with Crippen LogP contribution >= 0.6 is 11.6 Å². The molecule has 4 unspecified atom stereocenters. The number of nitrogens with zero attached hydrogens (tertiary/aromatic N) is 1. The molecular formula is C18H23ClN2O3. The first-order valence-electron chi connectivity index (χ1n) is 8.49. The average molecular weight is 351 g/mol. The smallest absolute Gasteiger partial charge is 0.317 e. The molecule has 130 valence electrons. The van der Waals surface area contributed by atoms with Crippen molar-refractivity contribution >= 4 is 23.6 Å². The van der Waals surface area contributed by atoms with E-state index in [0.29, 0.717) is 29.8 Å². The Bertz CT molecular complexity index is 619. The zero-order chi connectivity index (χ0) is 17.3. The molecule has 1 aliphatic heterocycles. The van der Waals surface area contributed by atoms with Crippen molar-refractivity contribution in [2.24, 2.45) is 17.8 Å². The number of likely N-dealkylation sites (tertiary alicyclic amines) is 1. The van der Waals surface area contributed by atoms with Gasteiger partial charge in [0.15, 0.2) is 0 Å². The SMILES string of the molecule is CC1CC1C(NC(=O)N1CCCC(C(=O)O)C1)c1ccc(Cl)cc1. The average Bonchev–Trinajstić information content (AvgIpc) is 3.30. The highest BCUT2D eigenvalue weighted by atomic mass is 35.5. The van der Waals surface area contributed by atoms with Gasteiger partial charge in [0.1, 0.15) is 0 Å². The molecule has 4 atom stereocenters. The molecule has 1 saturated carbocycles. The largest absolute Gasteiger partial charge is 0.481 e. The molecule has 2 N–H and O–H groups in total. The predicted octanol–water partition coefficient (Wildman–Crippen LogP) is 3.54. The first-order chi connectivity index (χ1) is 11.5. The van der Waals surface area contributed by atoms with Crippen molar-refractivity contribution in [1.82, 2.24) is 10.2 Å². The number of carbonyl (C=O) groups excluding carboxylic acids is 1. The topological polar surface area (TPSA) is 69.6 Å². The van der Waals surface area contributed by atoms with Crippen molar-refractivity contribution in [3.05, 3.63) is 34.9 Å². The van der Waals surface area contributed by atoms with E-state index in [0.717, 1.165) is 18.4 Å². The van der Waals surface area contributed by atoms with Gasteiger partial charge in [0.05, 0.1) is 12.0 Å². The van der Waals surface area contributed by atoms with Gasteiger partial charge in [0.2, 0.25) is 0 Å². The molecule has 2 fully saturated rings. The number of carboxylic acids is 1. The molecule has 1 aromatic carbocycles. The minimum atomic E-state index is -0.822. The van der Waals surface area contributed by atoms with E-state index in [9.17, 15) is 14.7 Å². The molecule has 1 aliphatic carbocycles. The molecule has 0 radical (unpaired) electrons. The Morgan fingerprint density at radius 1 is 1.33 bits per heavy atom. The predicted molar refractivity (Wildman–Crippen MR) is 91.9 cm³/mol. The van der Waals surface area contributed by atoms with Crippen LogP contribution in [-0.4, -0.2) is 35.1 Å². The third kappa shape index (κ3) is 3.83. The van der Waals surface area contributed by atoms with E-state index in [1.165, 1.54) is 0 Å². The Labute approximate surface area is 147 Å². The van der Waals surface area contributed by atoms with Gasteiger partial charge in [-0.1, -0.05) is 30.7 Å². The first-order valence-corrected chi connectivity index (χ1v) is 8.87. The highest BCUT2D eigenvalue weighted by molar-refractivity contribution is 6.30. The summed E-state index contributed by atoms with van der Waals surface area (Å²) in [5.41, 5.74) is 1.05. The summed E-state index contributed by atoms with van der Waals surface area (Å²) in [6.45, 7) is 3.08. The third-order valence-electron chi connectivity index (χ3n) is 5.17. The summed E-state index contributed by atoms with van der Waals surface area (Å²) in [4.78, 5) is 25.5. The van der Waals surface area contributed by atoms with Gasteiger partial charge in [0.25, 0.3) is 0 Å². The summed E-state index contributed by atoms with van der Waals surface area (Å²) in [6, 6.07) is 7.37. The maximum atomic E-state index is 12.7. The van der Waals surface area contributed by atoms with E-state index in [4.69, 9.17) is 11.6 Å². The molecule has 2 amide bonds.